The molecular formula is C51H91Cl6N2O13P. The van der Waals surface area contributed by atoms with Crippen LogP contribution in [-0.4, -0.2) is 101 Å². The topological polar surface area (TPSA) is 187 Å². The van der Waals surface area contributed by atoms with E-state index in [1.165, 1.54) is 70.6 Å². The summed E-state index contributed by atoms with van der Waals surface area (Å²) >= 11 is 35.9. The van der Waals surface area contributed by atoms with Gasteiger partial charge in [-0.1, -0.05) is 239 Å². The molecule has 6 atom stereocenters. The Balaban J connectivity index is 3.68. The fourth-order valence-electron chi connectivity index (χ4n) is 7.85. The highest BCUT2D eigenvalue weighted by atomic mass is 35.6. The average Bonchev–Trinajstić information content (AvgIpc) is 3.32. The summed E-state index contributed by atoms with van der Waals surface area (Å²) in [7, 11) is -4.53. The normalized spacial score (nSPS) is 18.8. The minimum atomic E-state index is -4.53. The first-order chi connectivity index (χ1) is 34.8. The van der Waals surface area contributed by atoms with Crippen LogP contribution in [0, 0.1) is 5.41 Å². The highest BCUT2D eigenvalue weighted by molar-refractivity contribution is 7.48. The summed E-state index contributed by atoms with van der Waals surface area (Å²) in [4.78, 5) is 41.5. The number of nitrogens with one attached hydrogen (secondary N) is 2. The van der Waals surface area contributed by atoms with E-state index in [2.05, 4.69) is 19.2 Å². The van der Waals surface area contributed by atoms with E-state index >= 15 is 0 Å². The van der Waals surface area contributed by atoms with E-state index in [0.717, 1.165) is 51.4 Å². The van der Waals surface area contributed by atoms with E-state index in [1.807, 2.05) is 20.8 Å². The van der Waals surface area contributed by atoms with E-state index in [0.29, 0.717) is 51.4 Å². The van der Waals surface area contributed by atoms with Gasteiger partial charge in [0.15, 0.2) is 6.10 Å². The Morgan fingerprint density at radius 2 is 1.10 bits per heavy atom. The van der Waals surface area contributed by atoms with Crippen LogP contribution in [0.1, 0.15) is 221 Å². The predicted molar refractivity (Wildman–Crippen MR) is 294 cm³/mol. The van der Waals surface area contributed by atoms with Crippen LogP contribution < -0.4 is 5.32 Å². The molecule has 0 bridgehead atoms. The average molecular weight is 1180 g/mol. The number of phosphoric acid groups is 1. The van der Waals surface area contributed by atoms with Crippen molar-refractivity contribution in [2.45, 2.75) is 265 Å². The zero-order valence-corrected chi connectivity index (χ0v) is 50.0. The molecule has 0 aromatic carbocycles. The van der Waals surface area contributed by atoms with Gasteiger partial charge in [-0.2, -0.15) is 0 Å². The Morgan fingerprint density at radius 3 is 1.59 bits per heavy atom. The van der Waals surface area contributed by atoms with Crippen LogP contribution in [0.5, 0.6) is 0 Å². The minimum absolute atomic E-state index is 0.0160. The molecule has 430 valence electrons. The molecule has 0 aliphatic carbocycles. The van der Waals surface area contributed by atoms with Crippen molar-refractivity contribution < 1.29 is 60.9 Å². The molecule has 2 unspecified atom stereocenters. The molecule has 1 aliphatic heterocycles. The molecule has 1 heterocycles. The van der Waals surface area contributed by atoms with Crippen LogP contribution in [-0.2, 0) is 56.1 Å². The van der Waals surface area contributed by atoms with E-state index in [-0.39, 0.29) is 32.8 Å². The summed E-state index contributed by atoms with van der Waals surface area (Å²) in [5.41, 5.74) is 0. The molecule has 0 spiro atoms. The van der Waals surface area contributed by atoms with E-state index in [4.69, 9.17) is 117 Å². The summed E-state index contributed by atoms with van der Waals surface area (Å²) in [6, 6.07) is -1.68. The Hall–Kier alpha value is -0.550. The Labute approximate surface area is 468 Å². The van der Waals surface area contributed by atoms with Crippen LogP contribution in [0.15, 0.2) is 0 Å². The third-order valence-corrected chi connectivity index (χ3v) is 14.4. The van der Waals surface area contributed by atoms with Crippen molar-refractivity contribution in [3.8, 4) is 0 Å². The number of ether oxygens (including phenoxy) is 6. The fraction of sp³-hybridized carbons (Fsp3) is 0.922. The number of carbonyl (C=O) groups is 3. The number of alkyl carbamates (subject to hydrolysis) is 1. The second-order valence-corrected chi connectivity index (χ2v) is 25.3. The summed E-state index contributed by atoms with van der Waals surface area (Å²) in [5, 5.41) is 11.0. The first kappa shape index (κ1) is 70.5. The van der Waals surface area contributed by atoms with Gasteiger partial charge in [0.25, 0.3) is 3.79 Å². The van der Waals surface area contributed by atoms with Gasteiger partial charge in [-0.05, 0) is 38.5 Å². The Bertz CT molecular complexity index is 1500. The number of esters is 2. The number of rotatable bonds is 44. The van der Waals surface area contributed by atoms with Gasteiger partial charge in [-0.15, -0.1) is 0 Å². The summed E-state index contributed by atoms with van der Waals surface area (Å²) in [6.45, 7) is 9.47. The largest absolute Gasteiger partial charge is 0.475 e. The number of unbranched alkanes of at least 4 members (excludes halogenated alkanes) is 21. The van der Waals surface area contributed by atoms with Crippen molar-refractivity contribution in [3.63, 3.8) is 0 Å². The highest BCUT2D eigenvalue weighted by Crippen LogP contribution is 2.53. The van der Waals surface area contributed by atoms with Gasteiger partial charge >= 0.3 is 25.9 Å². The SMILES string of the molecule is CCCCCCCCCCCCCC(=O)O[C@H](CCCCCCCCCCC)CC(=O)OC1[C@H](OP(=O)(OCCCC)OCCCC)C(COCCCC)O[C@H](OC(=N)C(Cl)(Cl)Cl)[C@H]1NC(=O)OCC(Cl)(Cl)Cl. The number of amides is 1. The number of hydrogen-bond donors (Lipinski definition) is 2. The lowest BCUT2D eigenvalue weighted by atomic mass is 9.96. The zero-order valence-electron chi connectivity index (χ0n) is 44.5. The van der Waals surface area contributed by atoms with Crippen LogP contribution in [0.3, 0.4) is 0 Å². The summed E-state index contributed by atoms with van der Waals surface area (Å²) < 4.78 is 63.7. The molecule has 15 nitrogen and oxygen atoms in total. The van der Waals surface area contributed by atoms with Crippen LogP contribution >= 0.6 is 77.4 Å². The molecule has 0 radical (unpaired) electrons. The van der Waals surface area contributed by atoms with Gasteiger partial charge in [-0.25, -0.2) is 9.36 Å². The van der Waals surface area contributed by atoms with Crippen molar-refractivity contribution in [2.75, 3.05) is 33.0 Å². The smallest absolute Gasteiger partial charge is 0.462 e. The van der Waals surface area contributed by atoms with Crippen molar-refractivity contribution in [1.82, 2.24) is 5.32 Å². The molecule has 1 rings (SSSR count). The lowest BCUT2D eigenvalue weighted by molar-refractivity contribution is -0.254. The molecule has 22 heteroatoms. The number of phosphoric ester groups is 1. The minimum Gasteiger partial charge on any atom is -0.462 e. The quantitative estimate of drug-likeness (QED) is 0.0112. The number of alkyl halides is 6. The lowest BCUT2D eigenvalue weighted by Gasteiger charge is -2.45. The van der Waals surface area contributed by atoms with Crippen molar-refractivity contribution in [1.29, 1.82) is 5.41 Å². The lowest BCUT2D eigenvalue weighted by Crippen LogP contribution is -2.67. The van der Waals surface area contributed by atoms with Gasteiger partial charge in [-0.3, -0.25) is 28.6 Å². The molecule has 0 saturated carbocycles. The fourth-order valence-corrected chi connectivity index (χ4v) is 9.60. The Morgan fingerprint density at radius 1 is 0.616 bits per heavy atom. The maximum Gasteiger partial charge on any atom is 0.475 e. The van der Waals surface area contributed by atoms with Gasteiger partial charge in [0.1, 0.15) is 31.0 Å². The van der Waals surface area contributed by atoms with Crippen molar-refractivity contribution in [2.24, 2.45) is 0 Å². The number of carbonyl (C=O) groups excluding carboxylic acids is 3. The summed E-state index contributed by atoms with van der Waals surface area (Å²) in [5.74, 6) is -2.24. The van der Waals surface area contributed by atoms with Crippen LogP contribution in [0.4, 0.5) is 4.79 Å². The van der Waals surface area contributed by atoms with Gasteiger partial charge in [0.2, 0.25) is 16.0 Å². The molecular weight excluding hydrogens is 1090 g/mol. The second-order valence-electron chi connectivity index (χ2n) is 18.8. The van der Waals surface area contributed by atoms with Crippen LogP contribution in [0.25, 0.3) is 0 Å². The van der Waals surface area contributed by atoms with Gasteiger partial charge < -0.3 is 33.7 Å². The van der Waals surface area contributed by atoms with E-state index in [9.17, 15) is 18.9 Å². The monoisotopic (exact) mass is 1180 g/mol. The molecule has 0 aromatic rings. The van der Waals surface area contributed by atoms with Crippen LogP contribution in [0.2, 0.25) is 0 Å². The highest BCUT2D eigenvalue weighted by Gasteiger charge is 2.55. The van der Waals surface area contributed by atoms with E-state index in [1.54, 1.807) is 0 Å². The first-order valence-corrected chi connectivity index (χ1v) is 31.1. The summed E-state index contributed by atoms with van der Waals surface area (Å²) in [6.07, 6.45) is 17.4. The first-order valence-electron chi connectivity index (χ1n) is 27.3. The third kappa shape index (κ3) is 35.6. The second kappa shape index (κ2) is 42.4. The maximum absolute atomic E-state index is 14.7. The Kier molecular flexibility index (Phi) is 40.9. The molecule has 1 amide bonds. The third-order valence-electron chi connectivity index (χ3n) is 12.0. The van der Waals surface area contributed by atoms with Gasteiger partial charge in [0.05, 0.1) is 26.2 Å². The molecule has 0 aromatic heterocycles. The molecule has 1 saturated heterocycles. The predicted octanol–water partition coefficient (Wildman–Crippen LogP) is 16.3. The van der Waals surface area contributed by atoms with Crippen molar-refractivity contribution >= 4 is 101 Å². The van der Waals surface area contributed by atoms with Crippen molar-refractivity contribution in [3.05, 3.63) is 0 Å². The van der Waals surface area contributed by atoms with E-state index < -0.39 is 89.1 Å². The molecule has 2 N–H and O–H groups in total. The standard InChI is InChI=1S/C51H91Cl6N2O13P/c1-6-11-16-18-20-22-23-25-27-29-31-33-42(60)68-40(32-30-28-26-24-21-19-17-12-7-2)37-43(61)70-46-44(59-49(62)65-39-50(52,53)54)47(71-48(58)51(55,56)57)69-41(38-64-34-13-8-3)45(46)72-73(63,66-35-14-9-4)67-36-15-10-5/h40-41,44-47,58H,6-39H2,1-5H3,(H,59,62)/t40-,41?,44+,45-,46?,47-/m1/s1. The maximum atomic E-state index is 14.7. The number of hydrogen-bond acceptors (Lipinski definition) is 14. The molecule has 73 heavy (non-hydrogen) atoms. The molecule has 1 aliphatic rings. The zero-order chi connectivity index (χ0) is 54.4. The number of halogens is 6. The molecule has 1 fully saturated rings. The van der Waals surface area contributed by atoms with Gasteiger partial charge in [0, 0.05) is 13.0 Å².